The third-order valence-corrected chi connectivity index (χ3v) is 4.76. The Kier molecular flexibility index (Phi) is 7.01. The fourth-order valence-corrected chi connectivity index (χ4v) is 2.88. The summed E-state index contributed by atoms with van der Waals surface area (Å²) in [6.07, 6.45) is 0.831. The molecule has 25 heavy (non-hydrogen) atoms. The highest BCUT2D eigenvalue weighted by Gasteiger charge is 2.16. The molecule has 0 saturated heterocycles. The fraction of sp³-hybridized carbons (Fsp3) is 0.263. The van der Waals surface area contributed by atoms with Gasteiger partial charge in [0.05, 0.1) is 11.0 Å². The van der Waals surface area contributed by atoms with Crippen LogP contribution in [-0.2, 0) is 16.0 Å². The number of carbonyl (C=O) groups is 2. The van der Waals surface area contributed by atoms with E-state index in [0.29, 0.717) is 5.69 Å². The van der Waals surface area contributed by atoms with Gasteiger partial charge in [-0.15, -0.1) is 11.8 Å². The SMILES string of the molecule is CCc1ccccc1NC(=O)[C@@H](C)SCC(=O)Nc1ccc(F)cc1. The smallest absolute Gasteiger partial charge is 0.237 e. The average molecular weight is 360 g/mol. The van der Waals surface area contributed by atoms with Gasteiger partial charge in [-0.25, -0.2) is 4.39 Å². The summed E-state index contributed by atoms with van der Waals surface area (Å²) in [6, 6.07) is 13.2. The quantitative estimate of drug-likeness (QED) is 0.782. The molecule has 2 rings (SSSR count). The van der Waals surface area contributed by atoms with E-state index in [2.05, 4.69) is 10.6 Å². The molecule has 0 radical (unpaired) electrons. The predicted molar refractivity (Wildman–Crippen MR) is 101 cm³/mol. The third-order valence-electron chi connectivity index (χ3n) is 3.62. The van der Waals surface area contributed by atoms with Crippen LogP contribution in [0.2, 0.25) is 0 Å². The van der Waals surface area contributed by atoms with E-state index in [0.717, 1.165) is 17.7 Å². The molecule has 0 aliphatic rings. The molecule has 0 aliphatic carbocycles. The largest absolute Gasteiger partial charge is 0.325 e. The van der Waals surface area contributed by atoms with Crippen LogP contribution >= 0.6 is 11.8 Å². The maximum atomic E-state index is 12.8. The molecule has 0 unspecified atom stereocenters. The van der Waals surface area contributed by atoms with Gasteiger partial charge in [0, 0.05) is 11.4 Å². The summed E-state index contributed by atoms with van der Waals surface area (Å²) < 4.78 is 12.8. The minimum Gasteiger partial charge on any atom is -0.325 e. The van der Waals surface area contributed by atoms with Gasteiger partial charge in [-0.3, -0.25) is 9.59 Å². The maximum Gasteiger partial charge on any atom is 0.237 e. The second-order valence-electron chi connectivity index (χ2n) is 5.51. The second-order valence-corrected chi connectivity index (χ2v) is 6.84. The van der Waals surface area contributed by atoms with E-state index < -0.39 is 0 Å². The van der Waals surface area contributed by atoms with Crippen LogP contribution in [0.15, 0.2) is 48.5 Å². The van der Waals surface area contributed by atoms with Crippen LogP contribution in [0.3, 0.4) is 0 Å². The molecule has 6 heteroatoms. The summed E-state index contributed by atoms with van der Waals surface area (Å²) in [6.45, 7) is 3.79. The lowest BCUT2D eigenvalue weighted by atomic mass is 10.1. The topological polar surface area (TPSA) is 58.2 Å². The van der Waals surface area contributed by atoms with Crippen molar-refractivity contribution in [3.05, 3.63) is 59.9 Å². The number of nitrogens with one attached hydrogen (secondary N) is 2. The summed E-state index contributed by atoms with van der Waals surface area (Å²) in [7, 11) is 0. The van der Waals surface area contributed by atoms with E-state index in [4.69, 9.17) is 0 Å². The lowest BCUT2D eigenvalue weighted by Crippen LogP contribution is -2.25. The van der Waals surface area contributed by atoms with Gasteiger partial charge in [0.15, 0.2) is 0 Å². The molecule has 0 aliphatic heterocycles. The first kappa shape index (κ1) is 19.0. The number of rotatable bonds is 7. The van der Waals surface area contributed by atoms with Crippen molar-refractivity contribution in [3.63, 3.8) is 0 Å². The first-order valence-electron chi connectivity index (χ1n) is 8.05. The number of anilines is 2. The van der Waals surface area contributed by atoms with Crippen LogP contribution in [0.1, 0.15) is 19.4 Å². The summed E-state index contributed by atoms with van der Waals surface area (Å²) in [5.41, 5.74) is 2.40. The molecule has 2 aromatic carbocycles. The molecule has 0 bridgehead atoms. The lowest BCUT2D eigenvalue weighted by molar-refractivity contribution is -0.115. The van der Waals surface area contributed by atoms with Gasteiger partial charge in [0.25, 0.3) is 0 Å². The van der Waals surface area contributed by atoms with Crippen LogP contribution < -0.4 is 10.6 Å². The minimum atomic E-state index is -0.371. The summed E-state index contributed by atoms with van der Waals surface area (Å²) in [5, 5.41) is 5.21. The molecule has 2 aromatic rings. The molecule has 0 saturated carbocycles. The number of hydrogen-bond acceptors (Lipinski definition) is 3. The Balaban J connectivity index is 1.82. The monoisotopic (exact) mass is 360 g/mol. The molecule has 2 N–H and O–H groups in total. The zero-order chi connectivity index (χ0) is 18.2. The number of amides is 2. The van der Waals surface area contributed by atoms with Gasteiger partial charge in [0.1, 0.15) is 5.82 Å². The highest BCUT2D eigenvalue weighted by molar-refractivity contribution is 8.01. The number of thioether (sulfide) groups is 1. The van der Waals surface area contributed by atoms with Crippen molar-refractivity contribution in [2.75, 3.05) is 16.4 Å². The summed E-state index contributed by atoms with van der Waals surface area (Å²) in [4.78, 5) is 24.2. The van der Waals surface area contributed by atoms with Crippen LogP contribution in [0, 0.1) is 5.82 Å². The number of benzene rings is 2. The van der Waals surface area contributed by atoms with Gasteiger partial charge in [-0.2, -0.15) is 0 Å². The molecule has 4 nitrogen and oxygen atoms in total. The molecular weight excluding hydrogens is 339 g/mol. The van der Waals surface area contributed by atoms with E-state index in [-0.39, 0.29) is 28.6 Å². The third kappa shape index (κ3) is 5.90. The van der Waals surface area contributed by atoms with Crippen molar-refractivity contribution in [2.45, 2.75) is 25.5 Å². The molecular formula is C19H21FN2O2S. The first-order chi connectivity index (χ1) is 12.0. The first-order valence-corrected chi connectivity index (χ1v) is 9.10. The molecule has 0 fully saturated rings. The highest BCUT2D eigenvalue weighted by Crippen LogP contribution is 2.19. The lowest BCUT2D eigenvalue weighted by Gasteiger charge is -2.14. The van der Waals surface area contributed by atoms with E-state index in [1.165, 1.54) is 36.0 Å². The van der Waals surface area contributed by atoms with Crippen LogP contribution in [0.25, 0.3) is 0 Å². The second kappa shape index (κ2) is 9.22. The van der Waals surface area contributed by atoms with Gasteiger partial charge in [-0.05, 0) is 49.2 Å². The Morgan fingerprint density at radius 1 is 1.08 bits per heavy atom. The highest BCUT2D eigenvalue weighted by atomic mass is 32.2. The molecule has 0 aromatic heterocycles. The van der Waals surface area contributed by atoms with E-state index >= 15 is 0 Å². The maximum absolute atomic E-state index is 12.8. The van der Waals surface area contributed by atoms with Crippen molar-refractivity contribution in [1.29, 1.82) is 0 Å². The van der Waals surface area contributed by atoms with Crippen LogP contribution in [0.4, 0.5) is 15.8 Å². The van der Waals surface area contributed by atoms with Crippen LogP contribution in [0.5, 0.6) is 0 Å². The number of aryl methyl sites for hydroxylation is 1. The number of carbonyl (C=O) groups excluding carboxylic acids is 2. The summed E-state index contributed by atoms with van der Waals surface area (Å²) in [5.74, 6) is -0.586. The molecule has 1 atom stereocenters. The van der Waals surface area contributed by atoms with Crippen molar-refractivity contribution >= 4 is 35.0 Å². The molecule has 2 amide bonds. The molecule has 0 spiro atoms. The van der Waals surface area contributed by atoms with E-state index in [1.54, 1.807) is 6.92 Å². The Morgan fingerprint density at radius 3 is 2.44 bits per heavy atom. The van der Waals surface area contributed by atoms with E-state index in [1.807, 2.05) is 31.2 Å². The Morgan fingerprint density at radius 2 is 1.76 bits per heavy atom. The number of para-hydroxylation sites is 1. The summed E-state index contributed by atoms with van der Waals surface area (Å²) >= 11 is 1.25. The van der Waals surface area contributed by atoms with E-state index in [9.17, 15) is 14.0 Å². The van der Waals surface area contributed by atoms with Crippen molar-refractivity contribution in [3.8, 4) is 0 Å². The van der Waals surface area contributed by atoms with Gasteiger partial charge < -0.3 is 10.6 Å². The molecule has 0 heterocycles. The van der Waals surface area contributed by atoms with Gasteiger partial charge in [-0.1, -0.05) is 25.1 Å². The van der Waals surface area contributed by atoms with Crippen LogP contribution in [-0.4, -0.2) is 22.8 Å². The standard InChI is InChI=1S/C19H21FN2O2S/c1-3-14-6-4-5-7-17(14)22-19(24)13(2)25-12-18(23)21-16-10-8-15(20)9-11-16/h4-11,13H,3,12H2,1-2H3,(H,21,23)(H,22,24)/t13-/m1/s1. The average Bonchev–Trinajstić information content (AvgIpc) is 2.62. The Hall–Kier alpha value is -2.34. The zero-order valence-electron chi connectivity index (χ0n) is 14.2. The normalized spacial score (nSPS) is 11.6. The predicted octanol–water partition coefficient (Wildman–Crippen LogP) is 4.09. The number of hydrogen-bond donors (Lipinski definition) is 2. The zero-order valence-corrected chi connectivity index (χ0v) is 15.0. The minimum absolute atomic E-state index is 0.138. The Bertz CT molecular complexity index is 734. The Labute approximate surface area is 151 Å². The fourth-order valence-electron chi connectivity index (χ4n) is 2.19. The van der Waals surface area contributed by atoms with Crippen molar-refractivity contribution in [2.24, 2.45) is 0 Å². The van der Waals surface area contributed by atoms with Gasteiger partial charge in [0.2, 0.25) is 11.8 Å². The molecule has 132 valence electrons. The van der Waals surface area contributed by atoms with Crippen molar-refractivity contribution < 1.29 is 14.0 Å². The number of halogens is 1. The van der Waals surface area contributed by atoms with Gasteiger partial charge >= 0.3 is 0 Å². The van der Waals surface area contributed by atoms with Crippen molar-refractivity contribution in [1.82, 2.24) is 0 Å².